The van der Waals surface area contributed by atoms with Gasteiger partial charge in [0.15, 0.2) is 16.8 Å². The molecule has 2 rings (SSSR count). The van der Waals surface area contributed by atoms with E-state index in [2.05, 4.69) is 19.9 Å². The second-order valence-electron chi connectivity index (χ2n) is 2.13. The number of hydrogen-bond acceptors (Lipinski definition) is 2. The van der Waals surface area contributed by atoms with Crippen LogP contribution >= 0.6 is 23.2 Å². The van der Waals surface area contributed by atoms with E-state index in [1.807, 2.05) is 0 Å². The smallest absolute Gasteiger partial charge is 0.176 e. The molecule has 0 aromatic carbocycles. The topological polar surface area (TPSA) is 57.4 Å². The summed E-state index contributed by atoms with van der Waals surface area (Å²) in [5.41, 5.74) is 0. The molecule has 0 amide bonds. The molecule has 0 unspecified atom stereocenters. The number of halogens is 2. The van der Waals surface area contributed by atoms with Gasteiger partial charge in [-0.1, -0.05) is 23.2 Å². The van der Waals surface area contributed by atoms with Gasteiger partial charge in [0, 0.05) is 12.4 Å². The number of nitrogens with one attached hydrogen (secondary N) is 2. The first-order chi connectivity index (χ1) is 5.77. The Labute approximate surface area is 78.0 Å². The molecule has 0 aliphatic carbocycles. The molecule has 0 atom stereocenters. The van der Waals surface area contributed by atoms with E-state index in [1.165, 1.54) is 0 Å². The maximum absolute atomic E-state index is 5.65. The van der Waals surface area contributed by atoms with E-state index in [0.29, 0.717) is 16.8 Å². The quantitative estimate of drug-likeness (QED) is 0.745. The normalized spacial score (nSPS) is 10.5. The van der Waals surface area contributed by atoms with Gasteiger partial charge < -0.3 is 9.97 Å². The molecule has 4 nitrogen and oxygen atoms in total. The standard InChI is InChI=1S/C6H4Cl2N4/c7-3-4(8)12-6(11-3)5-9-1-2-10-5/h1-2H,(H,9,10)(H,11,12). The molecule has 2 heterocycles. The highest BCUT2D eigenvalue weighted by Crippen LogP contribution is 2.21. The first-order valence-corrected chi connectivity index (χ1v) is 3.93. The van der Waals surface area contributed by atoms with Crippen molar-refractivity contribution in [2.75, 3.05) is 0 Å². The molecule has 0 aliphatic heterocycles. The molecule has 0 saturated carbocycles. The van der Waals surface area contributed by atoms with Crippen LogP contribution in [0.3, 0.4) is 0 Å². The number of H-pyrrole nitrogens is 2. The summed E-state index contributed by atoms with van der Waals surface area (Å²) in [6.45, 7) is 0. The minimum atomic E-state index is 0.253. The first-order valence-electron chi connectivity index (χ1n) is 3.18. The maximum Gasteiger partial charge on any atom is 0.176 e. The zero-order valence-electron chi connectivity index (χ0n) is 5.81. The SMILES string of the molecule is Clc1nc(-c2ncc[nH]2)[nH]c1Cl. The summed E-state index contributed by atoms with van der Waals surface area (Å²) >= 11 is 11.3. The lowest BCUT2D eigenvalue weighted by atomic mass is 10.6. The van der Waals surface area contributed by atoms with Crippen LogP contribution in [0.25, 0.3) is 11.6 Å². The second-order valence-corrected chi connectivity index (χ2v) is 2.86. The van der Waals surface area contributed by atoms with Crippen molar-refractivity contribution < 1.29 is 0 Å². The predicted molar refractivity (Wildman–Crippen MR) is 46.2 cm³/mol. The van der Waals surface area contributed by atoms with Crippen LogP contribution in [-0.2, 0) is 0 Å². The largest absolute Gasteiger partial charge is 0.342 e. The van der Waals surface area contributed by atoms with E-state index in [1.54, 1.807) is 12.4 Å². The molecule has 6 heteroatoms. The van der Waals surface area contributed by atoms with Crippen molar-refractivity contribution in [2.24, 2.45) is 0 Å². The van der Waals surface area contributed by atoms with Crippen LogP contribution in [-0.4, -0.2) is 19.9 Å². The van der Waals surface area contributed by atoms with Crippen molar-refractivity contribution >= 4 is 23.2 Å². The van der Waals surface area contributed by atoms with Crippen LogP contribution in [0.4, 0.5) is 0 Å². The van der Waals surface area contributed by atoms with E-state index < -0.39 is 0 Å². The molecule has 0 radical (unpaired) electrons. The Morgan fingerprint density at radius 1 is 1.25 bits per heavy atom. The number of aromatic amines is 2. The van der Waals surface area contributed by atoms with Crippen molar-refractivity contribution in [3.63, 3.8) is 0 Å². The summed E-state index contributed by atoms with van der Waals surface area (Å²) in [5.74, 6) is 1.15. The average molecular weight is 203 g/mol. The Bertz CT molecular complexity index is 359. The van der Waals surface area contributed by atoms with Crippen molar-refractivity contribution in [1.29, 1.82) is 0 Å². The predicted octanol–water partition coefficient (Wildman–Crippen LogP) is 2.11. The van der Waals surface area contributed by atoms with Crippen LogP contribution in [0.2, 0.25) is 10.3 Å². The van der Waals surface area contributed by atoms with Gasteiger partial charge in [-0.3, -0.25) is 0 Å². The maximum atomic E-state index is 5.65. The van der Waals surface area contributed by atoms with Crippen molar-refractivity contribution in [3.05, 3.63) is 22.7 Å². The highest BCUT2D eigenvalue weighted by atomic mass is 35.5. The van der Waals surface area contributed by atoms with Crippen molar-refractivity contribution in [3.8, 4) is 11.6 Å². The number of imidazole rings is 2. The van der Waals surface area contributed by atoms with Gasteiger partial charge in [0.25, 0.3) is 0 Å². The Balaban J connectivity index is 2.48. The van der Waals surface area contributed by atoms with Crippen LogP contribution < -0.4 is 0 Å². The number of rotatable bonds is 1. The molecular formula is C6H4Cl2N4. The van der Waals surface area contributed by atoms with Gasteiger partial charge in [0.05, 0.1) is 0 Å². The molecular weight excluding hydrogens is 199 g/mol. The Morgan fingerprint density at radius 2 is 2.08 bits per heavy atom. The van der Waals surface area contributed by atoms with E-state index in [0.717, 1.165) is 0 Å². The highest BCUT2D eigenvalue weighted by molar-refractivity contribution is 6.40. The molecule has 2 N–H and O–H groups in total. The Morgan fingerprint density at radius 3 is 2.58 bits per heavy atom. The van der Waals surface area contributed by atoms with Gasteiger partial charge in [-0.05, 0) is 0 Å². The lowest BCUT2D eigenvalue weighted by Crippen LogP contribution is -1.81. The van der Waals surface area contributed by atoms with E-state index >= 15 is 0 Å². The van der Waals surface area contributed by atoms with Crippen molar-refractivity contribution in [1.82, 2.24) is 19.9 Å². The Hall–Kier alpha value is -1.00. The van der Waals surface area contributed by atoms with Crippen LogP contribution in [0.5, 0.6) is 0 Å². The number of hydrogen-bond donors (Lipinski definition) is 2. The van der Waals surface area contributed by atoms with Gasteiger partial charge in [-0.2, -0.15) is 0 Å². The van der Waals surface area contributed by atoms with Gasteiger partial charge in [-0.15, -0.1) is 0 Å². The average Bonchev–Trinajstić information content (AvgIpc) is 2.61. The van der Waals surface area contributed by atoms with Gasteiger partial charge in [0.1, 0.15) is 5.15 Å². The molecule has 0 fully saturated rings. The van der Waals surface area contributed by atoms with Gasteiger partial charge in [0.2, 0.25) is 0 Å². The fourth-order valence-corrected chi connectivity index (χ4v) is 1.10. The fraction of sp³-hybridized carbons (Fsp3) is 0. The van der Waals surface area contributed by atoms with Gasteiger partial charge >= 0.3 is 0 Å². The molecule has 2 aromatic heterocycles. The molecule has 0 aliphatic rings. The number of aromatic nitrogens is 4. The second kappa shape index (κ2) is 2.80. The molecule has 2 aromatic rings. The molecule has 62 valence electrons. The van der Waals surface area contributed by atoms with Crippen LogP contribution in [0, 0.1) is 0 Å². The summed E-state index contributed by atoms with van der Waals surface area (Å²) in [6.07, 6.45) is 3.32. The molecule has 0 spiro atoms. The third kappa shape index (κ3) is 1.19. The monoisotopic (exact) mass is 202 g/mol. The minimum Gasteiger partial charge on any atom is -0.342 e. The summed E-state index contributed by atoms with van der Waals surface area (Å²) in [6, 6.07) is 0. The molecule has 0 saturated heterocycles. The number of nitrogens with zero attached hydrogens (tertiary/aromatic N) is 2. The van der Waals surface area contributed by atoms with Crippen LogP contribution in [0.1, 0.15) is 0 Å². The van der Waals surface area contributed by atoms with Crippen molar-refractivity contribution in [2.45, 2.75) is 0 Å². The van der Waals surface area contributed by atoms with Crippen LogP contribution in [0.15, 0.2) is 12.4 Å². The summed E-state index contributed by atoms with van der Waals surface area (Å²) in [4.78, 5) is 13.6. The lowest BCUT2D eigenvalue weighted by molar-refractivity contribution is 1.20. The molecule has 0 bridgehead atoms. The summed E-state index contributed by atoms with van der Waals surface area (Å²) in [7, 11) is 0. The molecule has 12 heavy (non-hydrogen) atoms. The van der Waals surface area contributed by atoms with E-state index in [9.17, 15) is 0 Å². The summed E-state index contributed by atoms with van der Waals surface area (Å²) in [5, 5.41) is 0.575. The third-order valence-electron chi connectivity index (χ3n) is 1.34. The van der Waals surface area contributed by atoms with E-state index in [-0.39, 0.29) is 5.15 Å². The zero-order valence-corrected chi connectivity index (χ0v) is 7.32. The zero-order chi connectivity index (χ0) is 8.55. The van der Waals surface area contributed by atoms with Gasteiger partial charge in [-0.25, -0.2) is 9.97 Å². The third-order valence-corrected chi connectivity index (χ3v) is 1.99. The summed E-state index contributed by atoms with van der Waals surface area (Å²) < 4.78 is 0. The minimum absolute atomic E-state index is 0.253. The van der Waals surface area contributed by atoms with E-state index in [4.69, 9.17) is 23.2 Å². The first kappa shape index (κ1) is 7.64. The fourth-order valence-electron chi connectivity index (χ4n) is 0.838. The lowest BCUT2D eigenvalue weighted by Gasteiger charge is -1.85. The Kier molecular flexibility index (Phi) is 1.78. The highest BCUT2D eigenvalue weighted by Gasteiger charge is 2.08.